The van der Waals surface area contributed by atoms with Gasteiger partial charge in [-0.05, 0) is 31.5 Å². The van der Waals surface area contributed by atoms with Gasteiger partial charge < -0.3 is 15.8 Å². The molecule has 0 amide bonds. The first-order chi connectivity index (χ1) is 10.2. The van der Waals surface area contributed by atoms with Gasteiger partial charge in [-0.2, -0.15) is 0 Å². The van der Waals surface area contributed by atoms with Gasteiger partial charge in [-0.15, -0.1) is 5.92 Å². The number of hydrogen-bond donors (Lipinski definition) is 2. The molecule has 3 rings (SSSR count). The number of benzene rings is 1. The Morgan fingerprint density at radius 1 is 1.52 bits per heavy atom. The van der Waals surface area contributed by atoms with E-state index in [-0.39, 0.29) is 12.0 Å². The number of ether oxygens (including phenoxy) is 1. The Hall–Kier alpha value is -1.77. The van der Waals surface area contributed by atoms with Crippen molar-refractivity contribution < 1.29 is 4.74 Å². The first-order valence-electron chi connectivity index (χ1n) is 7.17. The molecule has 110 valence electrons. The molecule has 1 aromatic carbocycles. The van der Waals surface area contributed by atoms with Gasteiger partial charge in [0, 0.05) is 12.0 Å². The molecule has 1 unspecified atom stereocenters. The molecule has 1 aliphatic heterocycles. The molecule has 0 saturated carbocycles. The summed E-state index contributed by atoms with van der Waals surface area (Å²) in [6.07, 6.45) is 0.938. The molecule has 2 aromatic rings. The zero-order valence-electron chi connectivity index (χ0n) is 12.3. The fourth-order valence-electron chi connectivity index (χ4n) is 2.48. The maximum absolute atomic E-state index is 5.76. The number of fused-ring (bicyclic) bond motifs is 3. The van der Waals surface area contributed by atoms with E-state index in [2.05, 4.69) is 30.1 Å². The Labute approximate surface area is 128 Å². The van der Waals surface area contributed by atoms with Gasteiger partial charge in [0.25, 0.3) is 0 Å². The minimum atomic E-state index is 0.0323. The maximum Gasteiger partial charge on any atom is 0.184 e. The van der Waals surface area contributed by atoms with Gasteiger partial charge in [0.05, 0.1) is 22.9 Å². The summed E-state index contributed by atoms with van der Waals surface area (Å²) in [6.45, 7) is 5.30. The molecule has 0 fully saturated rings. The van der Waals surface area contributed by atoms with Crippen LogP contribution in [0.5, 0.6) is 5.75 Å². The van der Waals surface area contributed by atoms with Crippen LogP contribution < -0.4 is 15.8 Å². The standard InChI is InChI=1S/C16H19N3OS/c1-3-4-12(10(2)9-17)18-16-19-15-11-7-8-20-13(11)5-6-14(15)21-16/h5-6,10,12H,7-9,17H2,1-2H3,(H,18,19)/t10-,12?/m1/s1. The number of thiazole rings is 1. The van der Waals surface area contributed by atoms with Crippen LogP contribution in [-0.4, -0.2) is 24.2 Å². The molecule has 5 heteroatoms. The van der Waals surface area contributed by atoms with Crippen molar-refractivity contribution in [1.82, 2.24) is 4.98 Å². The van der Waals surface area contributed by atoms with Crippen molar-refractivity contribution in [2.24, 2.45) is 11.7 Å². The summed E-state index contributed by atoms with van der Waals surface area (Å²) >= 11 is 1.66. The van der Waals surface area contributed by atoms with Crippen LogP contribution in [0.15, 0.2) is 12.1 Å². The highest BCUT2D eigenvalue weighted by Gasteiger charge is 2.20. The van der Waals surface area contributed by atoms with E-state index in [9.17, 15) is 0 Å². The summed E-state index contributed by atoms with van der Waals surface area (Å²) in [6, 6.07) is 4.15. The topological polar surface area (TPSA) is 60.2 Å². The Balaban J connectivity index is 1.92. The summed E-state index contributed by atoms with van der Waals surface area (Å²) in [4.78, 5) is 4.74. The average molecular weight is 301 g/mol. The quantitative estimate of drug-likeness (QED) is 0.852. The monoisotopic (exact) mass is 301 g/mol. The molecular formula is C16H19N3OS. The van der Waals surface area contributed by atoms with Crippen molar-refractivity contribution in [2.75, 3.05) is 18.5 Å². The lowest BCUT2D eigenvalue weighted by Crippen LogP contribution is -2.30. The van der Waals surface area contributed by atoms with Crippen molar-refractivity contribution in [1.29, 1.82) is 0 Å². The lowest BCUT2D eigenvalue weighted by atomic mass is 10.0. The number of aromatic nitrogens is 1. The molecule has 0 radical (unpaired) electrons. The van der Waals surface area contributed by atoms with E-state index in [4.69, 9.17) is 15.5 Å². The average Bonchev–Trinajstić information content (AvgIpc) is 3.10. The van der Waals surface area contributed by atoms with Crippen molar-refractivity contribution in [3.05, 3.63) is 17.7 Å². The lowest BCUT2D eigenvalue weighted by Gasteiger charge is -2.18. The number of rotatable bonds is 4. The molecule has 1 aliphatic rings. The maximum atomic E-state index is 5.76. The van der Waals surface area contributed by atoms with Gasteiger partial charge in [-0.25, -0.2) is 4.98 Å². The Kier molecular flexibility index (Phi) is 4.00. The van der Waals surface area contributed by atoms with Crippen LogP contribution in [0, 0.1) is 17.8 Å². The van der Waals surface area contributed by atoms with Crippen LogP contribution >= 0.6 is 11.3 Å². The van der Waals surface area contributed by atoms with Gasteiger partial charge in [0.15, 0.2) is 5.13 Å². The number of hydrogen-bond acceptors (Lipinski definition) is 5. The summed E-state index contributed by atoms with van der Waals surface area (Å²) in [7, 11) is 0. The van der Waals surface area contributed by atoms with Crippen molar-refractivity contribution in [2.45, 2.75) is 26.3 Å². The van der Waals surface area contributed by atoms with E-state index in [1.54, 1.807) is 11.3 Å². The highest BCUT2D eigenvalue weighted by atomic mass is 32.1. The van der Waals surface area contributed by atoms with E-state index < -0.39 is 0 Å². The van der Waals surface area contributed by atoms with Crippen LogP contribution in [0.2, 0.25) is 0 Å². The first kappa shape index (κ1) is 14.2. The fourth-order valence-corrected chi connectivity index (χ4v) is 3.41. The zero-order chi connectivity index (χ0) is 14.8. The summed E-state index contributed by atoms with van der Waals surface area (Å²) in [5.74, 6) is 7.40. The van der Waals surface area contributed by atoms with Gasteiger partial charge in [0.2, 0.25) is 0 Å². The van der Waals surface area contributed by atoms with E-state index in [0.29, 0.717) is 6.54 Å². The van der Waals surface area contributed by atoms with Crippen LogP contribution in [0.1, 0.15) is 19.4 Å². The lowest BCUT2D eigenvalue weighted by molar-refractivity contribution is 0.357. The van der Waals surface area contributed by atoms with Crippen molar-refractivity contribution in [3.63, 3.8) is 0 Å². The fraction of sp³-hybridized carbons (Fsp3) is 0.438. The molecule has 2 atom stereocenters. The highest BCUT2D eigenvalue weighted by Crippen LogP contribution is 2.36. The third-order valence-corrected chi connectivity index (χ3v) is 4.70. The van der Waals surface area contributed by atoms with E-state index in [0.717, 1.165) is 29.4 Å². The van der Waals surface area contributed by atoms with Crippen LogP contribution in [0.3, 0.4) is 0 Å². The van der Waals surface area contributed by atoms with Crippen LogP contribution in [-0.2, 0) is 6.42 Å². The second-order valence-corrected chi connectivity index (χ2v) is 6.27. The molecule has 0 bridgehead atoms. The second kappa shape index (κ2) is 5.92. The molecule has 0 saturated heterocycles. The third kappa shape index (κ3) is 2.69. The molecule has 21 heavy (non-hydrogen) atoms. The predicted molar refractivity (Wildman–Crippen MR) is 87.9 cm³/mol. The summed E-state index contributed by atoms with van der Waals surface area (Å²) < 4.78 is 6.78. The Morgan fingerprint density at radius 2 is 2.38 bits per heavy atom. The summed E-state index contributed by atoms with van der Waals surface area (Å²) in [5, 5.41) is 4.33. The molecule has 2 heterocycles. The number of nitrogens with zero attached hydrogens (tertiary/aromatic N) is 1. The molecule has 0 spiro atoms. The van der Waals surface area contributed by atoms with Crippen LogP contribution in [0.4, 0.5) is 5.13 Å². The van der Waals surface area contributed by atoms with Crippen LogP contribution in [0.25, 0.3) is 10.2 Å². The van der Waals surface area contributed by atoms with Gasteiger partial charge >= 0.3 is 0 Å². The minimum absolute atomic E-state index is 0.0323. The zero-order valence-corrected chi connectivity index (χ0v) is 13.1. The van der Waals surface area contributed by atoms with Crippen molar-refractivity contribution in [3.8, 4) is 17.6 Å². The predicted octanol–water partition coefficient (Wildman–Crippen LogP) is 2.63. The number of nitrogens with two attached hydrogens (primary N) is 1. The summed E-state index contributed by atoms with van der Waals surface area (Å²) in [5.41, 5.74) is 8.04. The molecule has 3 N–H and O–H groups in total. The largest absolute Gasteiger partial charge is 0.493 e. The van der Waals surface area contributed by atoms with E-state index >= 15 is 0 Å². The van der Waals surface area contributed by atoms with Gasteiger partial charge in [-0.1, -0.05) is 24.2 Å². The van der Waals surface area contributed by atoms with Gasteiger partial charge in [-0.3, -0.25) is 0 Å². The third-order valence-electron chi connectivity index (χ3n) is 3.75. The molecule has 0 aliphatic carbocycles. The van der Waals surface area contributed by atoms with E-state index in [1.807, 2.05) is 13.0 Å². The first-order valence-corrected chi connectivity index (χ1v) is 7.98. The van der Waals surface area contributed by atoms with Crippen molar-refractivity contribution >= 4 is 26.7 Å². The van der Waals surface area contributed by atoms with Gasteiger partial charge in [0.1, 0.15) is 5.75 Å². The smallest absolute Gasteiger partial charge is 0.184 e. The minimum Gasteiger partial charge on any atom is -0.493 e. The molecular weight excluding hydrogens is 282 g/mol. The Bertz CT molecular complexity index is 713. The SMILES string of the molecule is CC#CC(Nc1nc2c3c(ccc2s1)OCC3)[C@H](C)CN. The Morgan fingerprint density at radius 3 is 3.14 bits per heavy atom. The molecule has 1 aromatic heterocycles. The normalized spacial score (nSPS) is 15.8. The molecule has 4 nitrogen and oxygen atoms in total. The van der Waals surface area contributed by atoms with E-state index in [1.165, 1.54) is 10.3 Å². The number of anilines is 1. The highest BCUT2D eigenvalue weighted by molar-refractivity contribution is 7.22. The number of nitrogens with one attached hydrogen (secondary N) is 1. The second-order valence-electron chi connectivity index (χ2n) is 5.24.